The summed E-state index contributed by atoms with van der Waals surface area (Å²) in [6, 6.07) is 13.8. The summed E-state index contributed by atoms with van der Waals surface area (Å²) in [5.41, 5.74) is 2.47. The van der Waals surface area contributed by atoms with Crippen molar-refractivity contribution in [2.24, 2.45) is 0 Å². The number of amides is 3. The Morgan fingerprint density at radius 2 is 1.67 bits per heavy atom. The summed E-state index contributed by atoms with van der Waals surface area (Å²) in [7, 11) is 0. The van der Waals surface area contributed by atoms with Crippen LogP contribution in [0.1, 0.15) is 43.2 Å². The average molecular weight is 425 g/mol. The first-order valence-corrected chi connectivity index (χ1v) is 10.8. The molecule has 1 aliphatic heterocycles. The summed E-state index contributed by atoms with van der Waals surface area (Å²) >= 11 is 5.95. The van der Waals surface area contributed by atoms with Gasteiger partial charge in [0.25, 0.3) is 5.91 Å². The van der Waals surface area contributed by atoms with E-state index in [9.17, 15) is 14.4 Å². The van der Waals surface area contributed by atoms with Crippen LogP contribution in [-0.4, -0.2) is 34.7 Å². The van der Waals surface area contributed by atoms with Gasteiger partial charge in [0.15, 0.2) is 0 Å². The zero-order valence-electron chi connectivity index (χ0n) is 17.0. The molecule has 0 spiro atoms. The zero-order valence-corrected chi connectivity index (χ0v) is 17.8. The third-order valence-corrected chi connectivity index (χ3v) is 6.28. The van der Waals surface area contributed by atoms with Gasteiger partial charge >= 0.3 is 0 Å². The molecule has 3 amide bonds. The molecule has 1 atom stereocenters. The molecule has 0 aromatic heterocycles. The molecule has 1 aliphatic carbocycles. The second-order valence-electron chi connectivity index (χ2n) is 8.17. The lowest BCUT2D eigenvalue weighted by molar-refractivity contribution is -0.140. The Labute approximate surface area is 181 Å². The molecular formula is C24H25ClN2O3. The van der Waals surface area contributed by atoms with E-state index in [1.165, 1.54) is 4.90 Å². The lowest BCUT2D eigenvalue weighted by atomic mass is 10.1. The summed E-state index contributed by atoms with van der Waals surface area (Å²) < 4.78 is 0. The van der Waals surface area contributed by atoms with Crippen LogP contribution >= 0.6 is 11.6 Å². The number of rotatable bonds is 5. The number of halogens is 1. The molecule has 0 N–H and O–H groups in total. The minimum absolute atomic E-state index is 0.00418. The number of benzene rings is 2. The predicted octanol–water partition coefficient (Wildman–Crippen LogP) is 4.29. The maximum atomic E-state index is 13.3. The van der Waals surface area contributed by atoms with E-state index in [1.54, 1.807) is 29.2 Å². The highest BCUT2D eigenvalue weighted by atomic mass is 35.5. The van der Waals surface area contributed by atoms with Crippen LogP contribution in [0.2, 0.25) is 5.02 Å². The topological polar surface area (TPSA) is 57.7 Å². The maximum Gasteiger partial charge on any atom is 0.257 e. The van der Waals surface area contributed by atoms with Crippen molar-refractivity contribution in [1.82, 2.24) is 4.90 Å². The van der Waals surface area contributed by atoms with Crippen molar-refractivity contribution in [3.05, 3.63) is 64.7 Å². The minimum atomic E-state index is -0.735. The first kappa shape index (κ1) is 20.6. The molecule has 2 aliphatic rings. The van der Waals surface area contributed by atoms with Crippen LogP contribution in [0.5, 0.6) is 0 Å². The molecule has 6 heteroatoms. The van der Waals surface area contributed by atoms with E-state index in [0.29, 0.717) is 10.7 Å². The quantitative estimate of drug-likeness (QED) is 0.672. The lowest BCUT2D eigenvalue weighted by Gasteiger charge is -2.33. The predicted molar refractivity (Wildman–Crippen MR) is 116 cm³/mol. The summed E-state index contributed by atoms with van der Waals surface area (Å²) in [6.45, 7) is 1.96. The van der Waals surface area contributed by atoms with E-state index in [-0.39, 0.29) is 36.6 Å². The monoisotopic (exact) mass is 424 g/mol. The van der Waals surface area contributed by atoms with Crippen LogP contribution in [0.25, 0.3) is 0 Å². The van der Waals surface area contributed by atoms with Gasteiger partial charge in [0.2, 0.25) is 11.8 Å². The number of anilines is 1. The largest absolute Gasteiger partial charge is 0.327 e. The van der Waals surface area contributed by atoms with E-state index in [1.807, 2.05) is 31.2 Å². The number of imide groups is 1. The molecule has 5 nitrogen and oxygen atoms in total. The number of nitrogens with zero attached hydrogens (tertiary/aromatic N) is 2. The highest BCUT2D eigenvalue weighted by Gasteiger charge is 2.46. The van der Waals surface area contributed by atoms with Gasteiger partial charge < -0.3 is 4.90 Å². The molecule has 0 bridgehead atoms. The molecule has 1 saturated carbocycles. The van der Waals surface area contributed by atoms with Crippen molar-refractivity contribution in [2.75, 3.05) is 4.90 Å². The SMILES string of the molecule is Cc1ccc(N2C(=O)CC(N(C(=O)Cc3ccc(Cl)cc3)C3CCCC3)C2=O)cc1. The molecule has 0 radical (unpaired) electrons. The Morgan fingerprint density at radius 1 is 1.03 bits per heavy atom. The number of hydrogen-bond acceptors (Lipinski definition) is 3. The summed E-state index contributed by atoms with van der Waals surface area (Å²) in [4.78, 5) is 42.3. The molecule has 2 fully saturated rings. The number of hydrogen-bond donors (Lipinski definition) is 0. The van der Waals surface area contributed by atoms with Gasteiger partial charge in [-0.15, -0.1) is 0 Å². The van der Waals surface area contributed by atoms with E-state index >= 15 is 0 Å². The Kier molecular flexibility index (Phi) is 5.91. The van der Waals surface area contributed by atoms with Crippen LogP contribution in [0.3, 0.4) is 0 Å². The van der Waals surface area contributed by atoms with Gasteiger partial charge in [-0.05, 0) is 49.6 Å². The van der Waals surface area contributed by atoms with Gasteiger partial charge in [-0.2, -0.15) is 0 Å². The van der Waals surface area contributed by atoms with Crippen molar-refractivity contribution < 1.29 is 14.4 Å². The van der Waals surface area contributed by atoms with Gasteiger partial charge in [-0.25, -0.2) is 4.90 Å². The Morgan fingerprint density at radius 3 is 2.30 bits per heavy atom. The number of carbonyl (C=O) groups is 3. The summed E-state index contributed by atoms with van der Waals surface area (Å²) in [5, 5.41) is 0.615. The molecule has 156 valence electrons. The maximum absolute atomic E-state index is 13.3. The Bertz CT molecular complexity index is 949. The minimum Gasteiger partial charge on any atom is -0.327 e. The van der Waals surface area contributed by atoms with Gasteiger partial charge in [0, 0.05) is 11.1 Å². The van der Waals surface area contributed by atoms with E-state index < -0.39 is 6.04 Å². The van der Waals surface area contributed by atoms with Crippen molar-refractivity contribution in [1.29, 1.82) is 0 Å². The van der Waals surface area contributed by atoms with Gasteiger partial charge in [-0.1, -0.05) is 54.3 Å². The van der Waals surface area contributed by atoms with Crippen LogP contribution in [-0.2, 0) is 20.8 Å². The van der Waals surface area contributed by atoms with E-state index in [0.717, 1.165) is 36.8 Å². The summed E-state index contributed by atoms with van der Waals surface area (Å²) in [6.07, 6.45) is 4.04. The molecule has 1 saturated heterocycles. The molecule has 1 heterocycles. The second kappa shape index (κ2) is 8.60. The Hall–Kier alpha value is -2.66. The standard InChI is InChI=1S/C24H25ClN2O3/c1-16-6-12-20(13-7-16)27-23(29)15-21(24(27)30)26(19-4-2-3-5-19)22(28)14-17-8-10-18(25)11-9-17/h6-13,19,21H,2-5,14-15H2,1H3. The molecule has 30 heavy (non-hydrogen) atoms. The first-order chi connectivity index (χ1) is 14.4. The third kappa shape index (κ3) is 4.12. The molecule has 1 unspecified atom stereocenters. The normalized spacial score (nSPS) is 19.5. The highest BCUT2D eigenvalue weighted by Crippen LogP contribution is 2.32. The van der Waals surface area contributed by atoms with Crippen LogP contribution in [0.4, 0.5) is 5.69 Å². The molecule has 2 aromatic rings. The van der Waals surface area contributed by atoms with E-state index in [4.69, 9.17) is 11.6 Å². The van der Waals surface area contributed by atoms with Gasteiger partial charge in [0.1, 0.15) is 6.04 Å². The molecule has 4 rings (SSSR count). The lowest BCUT2D eigenvalue weighted by Crippen LogP contribution is -2.50. The Balaban J connectivity index is 1.59. The zero-order chi connectivity index (χ0) is 21.3. The van der Waals surface area contributed by atoms with Crippen LogP contribution < -0.4 is 4.90 Å². The number of aryl methyl sites for hydroxylation is 1. The van der Waals surface area contributed by atoms with Gasteiger partial charge in [-0.3, -0.25) is 14.4 Å². The van der Waals surface area contributed by atoms with E-state index in [2.05, 4.69) is 0 Å². The van der Waals surface area contributed by atoms with Crippen molar-refractivity contribution in [3.8, 4) is 0 Å². The molecular weight excluding hydrogens is 400 g/mol. The fourth-order valence-corrected chi connectivity index (χ4v) is 4.61. The fourth-order valence-electron chi connectivity index (χ4n) is 4.48. The second-order valence-corrected chi connectivity index (χ2v) is 8.60. The summed E-state index contributed by atoms with van der Waals surface area (Å²) in [5.74, 6) is -0.669. The fraction of sp³-hybridized carbons (Fsp3) is 0.375. The smallest absolute Gasteiger partial charge is 0.257 e. The van der Waals surface area contributed by atoms with Crippen molar-refractivity contribution >= 4 is 35.0 Å². The van der Waals surface area contributed by atoms with Crippen LogP contribution in [0.15, 0.2) is 48.5 Å². The van der Waals surface area contributed by atoms with Crippen molar-refractivity contribution in [2.45, 2.75) is 57.5 Å². The van der Waals surface area contributed by atoms with Crippen molar-refractivity contribution in [3.63, 3.8) is 0 Å². The van der Waals surface area contributed by atoms with Crippen LogP contribution in [0, 0.1) is 6.92 Å². The third-order valence-electron chi connectivity index (χ3n) is 6.03. The van der Waals surface area contributed by atoms with Gasteiger partial charge in [0.05, 0.1) is 18.5 Å². The molecule has 2 aromatic carbocycles. The highest BCUT2D eigenvalue weighted by molar-refractivity contribution is 6.30. The first-order valence-electron chi connectivity index (χ1n) is 10.4. The average Bonchev–Trinajstić information content (AvgIpc) is 3.34. The number of carbonyl (C=O) groups excluding carboxylic acids is 3.